The third kappa shape index (κ3) is 6.83. The second kappa shape index (κ2) is 10.6. The Kier molecular flexibility index (Phi) is 9.22. The summed E-state index contributed by atoms with van der Waals surface area (Å²) in [6.07, 6.45) is 8.68. The highest BCUT2D eigenvalue weighted by Crippen LogP contribution is 2.38. The third-order valence-corrected chi connectivity index (χ3v) is 5.29. The van der Waals surface area contributed by atoms with Crippen molar-refractivity contribution >= 4 is 5.91 Å². The van der Waals surface area contributed by atoms with E-state index in [1.165, 1.54) is 0 Å². The Hall–Kier alpha value is -1.33. The van der Waals surface area contributed by atoms with Crippen molar-refractivity contribution in [2.45, 2.75) is 52.5 Å². The van der Waals surface area contributed by atoms with Crippen LogP contribution in [0.25, 0.3) is 0 Å². The molecular formula is C20H38N4O. The van der Waals surface area contributed by atoms with Crippen LogP contribution in [0.3, 0.4) is 0 Å². The molecule has 0 aromatic heterocycles. The van der Waals surface area contributed by atoms with Gasteiger partial charge in [-0.2, -0.15) is 0 Å². The number of nitrogens with one attached hydrogen (secondary N) is 2. The molecule has 1 rings (SSSR count). The molecule has 0 bridgehead atoms. The van der Waals surface area contributed by atoms with Gasteiger partial charge in [-0.15, -0.1) is 0 Å². The molecule has 0 aromatic carbocycles. The van der Waals surface area contributed by atoms with Gasteiger partial charge in [0.1, 0.15) is 0 Å². The number of nitrogens with zero attached hydrogens (tertiary/aromatic N) is 1. The van der Waals surface area contributed by atoms with E-state index in [1.807, 2.05) is 20.9 Å². The summed E-state index contributed by atoms with van der Waals surface area (Å²) in [4.78, 5) is 14.0. The summed E-state index contributed by atoms with van der Waals surface area (Å²) in [7, 11) is 2.00. The van der Waals surface area contributed by atoms with Crippen molar-refractivity contribution in [3.8, 4) is 0 Å². The summed E-state index contributed by atoms with van der Waals surface area (Å²) in [5, 5.41) is 6.66. The molecule has 0 saturated carbocycles. The maximum absolute atomic E-state index is 11.6. The Balaban J connectivity index is 2.66. The number of amides is 1. The van der Waals surface area contributed by atoms with Gasteiger partial charge in [-0.3, -0.25) is 4.79 Å². The molecule has 2 atom stereocenters. The first-order chi connectivity index (χ1) is 11.8. The average Bonchev–Trinajstić information content (AvgIpc) is 2.99. The zero-order chi connectivity index (χ0) is 18.9. The van der Waals surface area contributed by atoms with Crippen molar-refractivity contribution in [1.82, 2.24) is 15.5 Å². The number of carbonyl (C=O) groups excluding carboxylic acids is 1. The van der Waals surface area contributed by atoms with Gasteiger partial charge in [0, 0.05) is 18.8 Å². The van der Waals surface area contributed by atoms with E-state index in [9.17, 15) is 4.79 Å². The lowest BCUT2D eigenvalue weighted by Crippen LogP contribution is -2.46. The summed E-state index contributed by atoms with van der Waals surface area (Å²) in [6, 6.07) is -0.249. The van der Waals surface area contributed by atoms with Gasteiger partial charge in [-0.05, 0) is 63.2 Å². The van der Waals surface area contributed by atoms with Crippen molar-refractivity contribution < 1.29 is 4.79 Å². The van der Waals surface area contributed by atoms with E-state index in [0.29, 0.717) is 0 Å². The van der Waals surface area contributed by atoms with E-state index in [-0.39, 0.29) is 23.3 Å². The Morgan fingerprint density at radius 2 is 2.04 bits per heavy atom. The Morgan fingerprint density at radius 3 is 2.60 bits per heavy atom. The van der Waals surface area contributed by atoms with E-state index in [1.54, 1.807) is 0 Å². The van der Waals surface area contributed by atoms with Gasteiger partial charge in [0.05, 0.1) is 6.04 Å². The van der Waals surface area contributed by atoms with Crippen molar-refractivity contribution in [2.24, 2.45) is 17.1 Å². The second-order valence-electron chi connectivity index (χ2n) is 7.66. The van der Waals surface area contributed by atoms with Crippen molar-refractivity contribution in [1.29, 1.82) is 0 Å². The molecule has 2 unspecified atom stereocenters. The van der Waals surface area contributed by atoms with Crippen LogP contribution in [0, 0.1) is 11.3 Å². The highest BCUT2D eigenvalue weighted by Gasteiger charge is 2.37. The Bertz CT molecular complexity index is 461. The van der Waals surface area contributed by atoms with E-state index >= 15 is 0 Å². The predicted molar refractivity (Wildman–Crippen MR) is 106 cm³/mol. The number of primary amides is 1. The van der Waals surface area contributed by atoms with Gasteiger partial charge in [0.15, 0.2) is 0 Å². The molecule has 0 aliphatic carbocycles. The van der Waals surface area contributed by atoms with Crippen LogP contribution in [0.1, 0.15) is 46.5 Å². The standard InChI is InChI=1S/C20H38N4O/c1-6-7-8-17(4)24-14-11-20(15-24,9-12-22-5)10-13-23-18(16(2)3)19(21)25/h7-8,16,18,22-23H,4,6,9-15H2,1-3,5H3,(H2,21,25)/b8-7+. The molecular weight excluding hydrogens is 312 g/mol. The molecule has 4 N–H and O–H groups in total. The zero-order valence-corrected chi connectivity index (χ0v) is 16.6. The minimum absolute atomic E-state index is 0.213. The summed E-state index contributed by atoms with van der Waals surface area (Å²) in [6.45, 7) is 14.3. The topological polar surface area (TPSA) is 70.4 Å². The first-order valence-electron chi connectivity index (χ1n) is 9.63. The van der Waals surface area contributed by atoms with Crippen LogP contribution in [-0.4, -0.2) is 50.1 Å². The fraction of sp³-hybridized carbons (Fsp3) is 0.750. The monoisotopic (exact) mass is 350 g/mol. The zero-order valence-electron chi connectivity index (χ0n) is 16.6. The van der Waals surface area contributed by atoms with Gasteiger partial charge < -0.3 is 21.3 Å². The van der Waals surface area contributed by atoms with Gasteiger partial charge in [0.2, 0.25) is 5.91 Å². The Labute approximate surface area is 154 Å². The maximum atomic E-state index is 11.6. The number of hydrogen-bond donors (Lipinski definition) is 3. The molecule has 25 heavy (non-hydrogen) atoms. The number of nitrogens with two attached hydrogens (primary N) is 1. The molecule has 1 fully saturated rings. The second-order valence-corrected chi connectivity index (χ2v) is 7.66. The van der Waals surface area contributed by atoms with E-state index < -0.39 is 0 Å². The number of hydrogen-bond acceptors (Lipinski definition) is 4. The van der Waals surface area contributed by atoms with Crippen LogP contribution in [0.2, 0.25) is 0 Å². The highest BCUT2D eigenvalue weighted by atomic mass is 16.1. The van der Waals surface area contributed by atoms with Crippen molar-refractivity contribution in [3.63, 3.8) is 0 Å². The highest BCUT2D eigenvalue weighted by molar-refractivity contribution is 5.80. The predicted octanol–water partition coefficient (Wildman–Crippen LogP) is 2.26. The van der Waals surface area contributed by atoms with Gasteiger partial charge in [0.25, 0.3) is 0 Å². The number of carbonyl (C=O) groups is 1. The molecule has 0 radical (unpaired) electrons. The van der Waals surface area contributed by atoms with Gasteiger partial charge >= 0.3 is 0 Å². The number of rotatable bonds is 12. The largest absolute Gasteiger partial charge is 0.371 e. The molecule has 0 aromatic rings. The van der Waals surface area contributed by atoms with Gasteiger partial charge in [-0.1, -0.05) is 33.4 Å². The van der Waals surface area contributed by atoms with Crippen LogP contribution in [0.5, 0.6) is 0 Å². The van der Waals surface area contributed by atoms with Crippen molar-refractivity contribution in [3.05, 3.63) is 24.4 Å². The summed E-state index contributed by atoms with van der Waals surface area (Å²) in [5.74, 6) is -0.0461. The Morgan fingerprint density at radius 1 is 1.36 bits per heavy atom. The number of likely N-dealkylation sites (tertiary alicyclic amines) is 1. The maximum Gasteiger partial charge on any atom is 0.234 e. The van der Waals surface area contributed by atoms with E-state index in [2.05, 4.69) is 41.2 Å². The number of allylic oxidation sites excluding steroid dienone is 2. The molecule has 5 heteroatoms. The lowest BCUT2D eigenvalue weighted by molar-refractivity contribution is -0.121. The van der Waals surface area contributed by atoms with Crippen LogP contribution in [0.4, 0.5) is 0 Å². The first-order valence-corrected chi connectivity index (χ1v) is 9.63. The fourth-order valence-corrected chi connectivity index (χ4v) is 3.62. The average molecular weight is 351 g/mol. The molecule has 144 valence electrons. The van der Waals surface area contributed by atoms with E-state index in [4.69, 9.17) is 5.73 Å². The molecule has 0 spiro atoms. The summed E-state index contributed by atoms with van der Waals surface area (Å²) < 4.78 is 0. The normalized spacial score (nSPS) is 22.0. The molecule has 1 amide bonds. The quantitative estimate of drug-likeness (QED) is 0.472. The van der Waals surface area contributed by atoms with Crippen LogP contribution < -0.4 is 16.4 Å². The molecule has 1 heterocycles. The molecule has 1 saturated heterocycles. The van der Waals surface area contributed by atoms with Gasteiger partial charge in [-0.25, -0.2) is 0 Å². The first kappa shape index (κ1) is 21.7. The van der Waals surface area contributed by atoms with E-state index in [0.717, 1.165) is 57.6 Å². The molecule has 1 aliphatic rings. The summed E-state index contributed by atoms with van der Waals surface area (Å²) in [5.41, 5.74) is 6.89. The SMILES string of the molecule is C=C(/C=C/CC)N1CCC(CCNC)(CCNC(C(N)=O)C(C)C)C1. The third-order valence-electron chi connectivity index (χ3n) is 5.29. The van der Waals surface area contributed by atoms with Crippen LogP contribution in [0.15, 0.2) is 24.4 Å². The fourth-order valence-electron chi connectivity index (χ4n) is 3.62. The van der Waals surface area contributed by atoms with Crippen LogP contribution in [-0.2, 0) is 4.79 Å². The smallest absolute Gasteiger partial charge is 0.234 e. The molecule has 5 nitrogen and oxygen atoms in total. The van der Waals surface area contributed by atoms with Crippen molar-refractivity contribution in [2.75, 3.05) is 33.2 Å². The van der Waals surface area contributed by atoms with Crippen LogP contribution >= 0.6 is 0 Å². The minimum atomic E-state index is -0.259. The minimum Gasteiger partial charge on any atom is -0.371 e. The molecule has 1 aliphatic heterocycles. The summed E-state index contributed by atoms with van der Waals surface area (Å²) >= 11 is 0. The lowest BCUT2D eigenvalue weighted by atomic mass is 9.80. The lowest BCUT2D eigenvalue weighted by Gasteiger charge is -2.31.